The first-order valence-electron chi connectivity index (χ1n) is 12.1. The molecular weight excluding hydrogens is 561 g/mol. The van der Waals surface area contributed by atoms with E-state index in [4.69, 9.17) is 11.6 Å². The van der Waals surface area contributed by atoms with E-state index in [1.807, 2.05) is 0 Å². The van der Waals surface area contributed by atoms with E-state index in [0.29, 0.717) is 30.1 Å². The van der Waals surface area contributed by atoms with Gasteiger partial charge in [0.25, 0.3) is 5.56 Å². The largest absolute Gasteiger partial charge is 0.416 e. The number of aromatic amines is 1. The van der Waals surface area contributed by atoms with Crippen LogP contribution in [0.15, 0.2) is 44.8 Å². The van der Waals surface area contributed by atoms with E-state index in [0.717, 1.165) is 6.07 Å². The van der Waals surface area contributed by atoms with Crippen LogP contribution in [0.2, 0.25) is 5.02 Å². The lowest BCUT2D eigenvalue weighted by molar-refractivity contribution is -0.138. The first-order chi connectivity index (χ1) is 18.2. The number of aromatic nitrogens is 2. The molecule has 0 aliphatic carbocycles. The highest BCUT2D eigenvalue weighted by molar-refractivity contribution is 7.91. The number of halogens is 4. The lowest BCUT2D eigenvalue weighted by Crippen LogP contribution is -2.36. The number of carbonyl (C=O) groups excluding carboxylic acids is 1. The van der Waals surface area contributed by atoms with Gasteiger partial charge in [0.1, 0.15) is 0 Å². The number of hydrogen-bond donors (Lipinski definition) is 2. The molecule has 2 N–H and O–H groups in total. The van der Waals surface area contributed by atoms with E-state index in [9.17, 15) is 36.0 Å². The summed E-state index contributed by atoms with van der Waals surface area (Å²) in [7, 11) is -3.75. The van der Waals surface area contributed by atoms with E-state index in [1.54, 1.807) is 4.90 Å². The maximum absolute atomic E-state index is 14.1. The lowest BCUT2D eigenvalue weighted by Gasteiger charge is -2.20. The van der Waals surface area contributed by atoms with Crippen molar-refractivity contribution in [2.45, 2.75) is 50.5 Å². The van der Waals surface area contributed by atoms with Crippen LogP contribution in [-0.2, 0) is 33.9 Å². The molecule has 1 amide bonds. The van der Waals surface area contributed by atoms with Gasteiger partial charge in [-0.2, -0.15) is 13.2 Å². The van der Waals surface area contributed by atoms with Crippen LogP contribution in [0.25, 0.3) is 10.9 Å². The standard InChI is InChI=1S/C25H26ClF3N4O5S/c1-3-39(37,38)22-5-4-17(26)8-16(22)12-33-23(35)19-10-20(25(27,28)29)15(9-21(19)31-24(33)36)11-32-7-6-18(13-32)30-14(2)34/h4-5,8-10,18H,3,6-7,11-13H2,1-2H3,(H,30,34)(H,31,36). The van der Waals surface area contributed by atoms with Crippen molar-refractivity contribution in [2.75, 3.05) is 18.8 Å². The average Bonchev–Trinajstić information content (AvgIpc) is 3.26. The third kappa shape index (κ3) is 6.20. The summed E-state index contributed by atoms with van der Waals surface area (Å²) in [6.07, 6.45) is -4.21. The van der Waals surface area contributed by atoms with Crippen LogP contribution < -0.4 is 16.6 Å². The molecule has 0 spiro atoms. The number of likely N-dealkylation sites (tertiary alicyclic amines) is 1. The highest BCUT2D eigenvalue weighted by Crippen LogP contribution is 2.34. The monoisotopic (exact) mass is 586 g/mol. The van der Waals surface area contributed by atoms with Crippen molar-refractivity contribution in [3.63, 3.8) is 0 Å². The molecule has 4 rings (SSSR count). The van der Waals surface area contributed by atoms with Gasteiger partial charge in [0, 0.05) is 37.6 Å². The van der Waals surface area contributed by atoms with Crippen molar-refractivity contribution >= 4 is 38.2 Å². The van der Waals surface area contributed by atoms with Gasteiger partial charge in [-0.3, -0.25) is 19.1 Å². The summed E-state index contributed by atoms with van der Waals surface area (Å²) in [6, 6.07) is 5.59. The zero-order valence-electron chi connectivity index (χ0n) is 21.1. The molecule has 1 saturated heterocycles. The highest BCUT2D eigenvalue weighted by atomic mass is 35.5. The first-order valence-corrected chi connectivity index (χ1v) is 14.1. The summed E-state index contributed by atoms with van der Waals surface area (Å²) in [5.74, 6) is -0.472. The molecule has 2 aromatic carbocycles. The van der Waals surface area contributed by atoms with Crippen LogP contribution in [0.5, 0.6) is 0 Å². The van der Waals surface area contributed by atoms with Crippen molar-refractivity contribution in [3.8, 4) is 0 Å². The van der Waals surface area contributed by atoms with Crippen molar-refractivity contribution in [1.82, 2.24) is 19.8 Å². The van der Waals surface area contributed by atoms with Gasteiger partial charge in [-0.05, 0) is 47.9 Å². The summed E-state index contributed by atoms with van der Waals surface area (Å²) in [4.78, 5) is 41.6. The molecule has 2 heterocycles. The number of hydrogen-bond acceptors (Lipinski definition) is 6. The van der Waals surface area contributed by atoms with Crippen molar-refractivity contribution in [1.29, 1.82) is 0 Å². The first kappa shape index (κ1) is 28.8. The molecule has 1 aliphatic rings. The van der Waals surface area contributed by atoms with Crippen molar-refractivity contribution in [3.05, 3.63) is 72.9 Å². The average molecular weight is 587 g/mol. The minimum absolute atomic E-state index is 0.0618. The van der Waals surface area contributed by atoms with Gasteiger partial charge in [0.05, 0.1) is 33.7 Å². The van der Waals surface area contributed by atoms with E-state index in [2.05, 4.69) is 10.3 Å². The fourth-order valence-electron chi connectivity index (χ4n) is 4.81. The maximum atomic E-state index is 14.1. The third-order valence-corrected chi connectivity index (χ3v) is 8.71. The molecular formula is C25H26ClF3N4O5S. The Bertz CT molecular complexity index is 1670. The zero-order chi connectivity index (χ0) is 28.7. The van der Waals surface area contributed by atoms with Crippen molar-refractivity contribution in [2.24, 2.45) is 0 Å². The molecule has 1 aliphatic heterocycles. The molecule has 1 fully saturated rings. The SMILES string of the molecule is CCS(=O)(=O)c1ccc(Cl)cc1Cn1c(=O)[nH]c2cc(CN3CCC(NC(C)=O)C3)c(C(F)(F)F)cc2c1=O. The smallest absolute Gasteiger partial charge is 0.352 e. The molecule has 3 aromatic rings. The number of sulfone groups is 1. The topological polar surface area (TPSA) is 121 Å². The second-order valence-corrected chi connectivity index (χ2v) is 12.1. The zero-order valence-corrected chi connectivity index (χ0v) is 22.6. The van der Waals surface area contributed by atoms with Gasteiger partial charge in [-0.1, -0.05) is 18.5 Å². The molecule has 0 radical (unpaired) electrons. The van der Waals surface area contributed by atoms with Gasteiger partial charge in [-0.15, -0.1) is 0 Å². The predicted molar refractivity (Wildman–Crippen MR) is 140 cm³/mol. The Balaban J connectivity index is 1.78. The Labute approximate surface area is 226 Å². The molecule has 1 aromatic heterocycles. The molecule has 14 heteroatoms. The van der Waals surface area contributed by atoms with E-state index < -0.39 is 39.4 Å². The number of fused-ring (bicyclic) bond motifs is 1. The van der Waals surface area contributed by atoms with Crippen LogP contribution in [0, 0.1) is 0 Å². The van der Waals surface area contributed by atoms with E-state index >= 15 is 0 Å². The van der Waals surface area contributed by atoms with Crippen LogP contribution in [0.4, 0.5) is 13.2 Å². The number of carbonyl (C=O) groups is 1. The normalized spacial score (nSPS) is 16.6. The van der Waals surface area contributed by atoms with Crippen LogP contribution >= 0.6 is 11.6 Å². The quantitative estimate of drug-likeness (QED) is 0.439. The Morgan fingerprint density at radius 3 is 2.51 bits per heavy atom. The van der Waals surface area contributed by atoms with Gasteiger partial charge in [-0.25, -0.2) is 13.2 Å². The van der Waals surface area contributed by atoms with Crippen LogP contribution in [0.3, 0.4) is 0 Å². The highest BCUT2D eigenvalue weighted by Gasteiger charge is 2.35. The van der Waals surface area contributed by atoms with E-state index in [1.165, 1.54) is 32.0 Å². The molecule has 0 saturated carbocycles. The van der Waals surface area contributed by atoms with Gasteiger partial charge < -0.3 is 10.3 Å². The summed E-state index contributed by atoms with van der Waals surface area (Å²) in [5.41, 5.74) is -3.08. The lowest BCUT2D eigenvalue weighted by atomic mass is 10.0. The molecule has 0 bridgehead atoms. The summed E-state index contributed by atoms with van der Waals surface area (Å²) < 4.78 is 68.0. The Morgan fingerprint density at radius 1 is 1.15 bits per heavy atom. The van der Waals surface area contributed by atoms with E-state index in [-0.39, 0.29) is 56.2 Å². The number of H-pyrrole nitrogens is 1. The predicted octanol–water partition coefficient (Wildman–Crippen LogP) is 2.91. The number of nitrogens with zero attached hydrogens (tertiary/aromatic N) is 2. The van der Waals surface area contributed by atoms with Gasteiger partial charge >= 0.3 is 11.9 Å². The van der Waals surface area contributed by atoms with Crippen molar-refractivity contribution < 1.29 is 26.4 Å². The number of alkyl halides is 3. The Hall–Kier alpha value is -3.16. The Kier molecular flexibility index (Phi) is 7.97. The fraction of sp³-hybridized carbons (Fsp3) is 0.400. The number of nitrogens with one attached hydrogen (secondary N) is 2. The number of benzene rings is 2. The molecule has 39 heavy (non-hydrogen) atoms. The van der Waals surface area contributed by atoms with Gasteiger partial charge in [0.15, 0.2) is 9.84 Å². The maximum Gasteiger partial charge on any atom is 0.416 e. The van der Waals surface area contributed by atoms with Gasteiger partial charge in [0.2, 0.25) is 5.91 Å². The number of rotatable bonds is 7. The van der Waals surface area contributed by atoms with Crippen LogP contribution in [0.1, 0.15) is 37.0 Å². The third-order valence-electron chi connectivity index (χ3n) is 6.65. The molecule has 9 nitrogen and oxygen atoms in total. The summed E-state index contributed by atoms with van der Waals surface area (Å²) in [5, 5.41) is 2.55. The molecule has 1 unspecified atom stereocenters. The minimum Gasteiger partial charge on any atom is -0.352 e. The molecule has 210 valence electrons. The summed E-state index contributed by atoms with van der Waals surface area (Å²) in [6.45, 7) is 3.00. The Morgan fingerprint density at radius 2 is 1.87 bits per heavy atom. The second kappa shape index (κ2) is 10.8. The van der Waals surface area contributed by atoms with Crippen LogP contribution in [-0.4, -0.2) is 53.7 Å². The number of amides is 1. The minimum atomic E-state index is -4.79. The summed E-state index contributed by atoms with van der Waals surface area (Å²) >= 11 is 6.03. The molecule has 1 atom stereocenters. The second-order valence-electron chi connectivity index (χ2n) is 9.45. The fourth-order valence-corrected chi connectivity index (χ4v) is 6.11.